The van der Waals surface area contributed by atoms with Gasteiger partial charge in [0.15, 0.2) is 5.16 Å². The van der Waals surface area contributed by atoms with Crippen LogP contribution in [-0.4, -0.2) is 15.9 Å². The Labute approximate surface area is 128 Å². The zero-order valence-corrected chi connectivity index (χ0v) is 13.0. The summed E-state index contributed by atoms with van der Waals surface area (Å²) in [6.07, 6.45) is 1.73. The zero-order chi connectivity index (χ0) is 14.3. The number of aromatic nitrogens is 2. The number of fused-ring (bicyclic) bond motifs is 1. The van der Waals surface area contributed by atoms with E-state index in [1.807, 2.05) is 25.1 Å². The van der Waals surface area contributed by atoms with Gasteiger partial charge in [0, 0.05) is 32.5 Å². The largest absolute Gasteiger partial charge is 0.324 e. The Hall–Kier alpha value is -1.44. The maximum absolute atomic E-state index is 11.6. The maximum Gasteiger partial charge on any atom is 0.245 e. The van der Waals surface area contributed by atoms with Gasteiger partial charge in [0.2, 0.25) is 5.91 Å². The van der Waals surface area contributed by atoms with Crippen LogP contribution in [-0.2, 0) is 4.79 Å². The van der Waals surface area contributed by atoms with Crippen LogP contribution in [0.5, 0.6) is 0 Å². The van der Waals surface area contributed by atoms with E-state index in [1.54, 1.807) is 6.20 Å². The monoisotopic (exact) mass is 350 g/mol. The van der Waals surface area contributed by atoms with Crippen LogP contribution in [0.4, 0.5) is 5.69 Å². The molecule has 3 N–H and O–H groups in total. The number of rotatable bonds is 2. The Balaban J connectivity index is 1.96. The minimum atomic E-state index is -0.601. The number of carbonyl (C=O) groups is 1. The number of amides is 1. The lowest BCUT2D eigenvalue weighted by molar-refractivity contribution is -0.116. The molecule has 0 aliphatic carbocycles. The SMILES string of the molecule is Cc1ccnc(Sc2cc3c(cc2Br)C(N)C(=O)N3)n1. The third-order valence-corrected chi connectivity index (χ3v) is 4.81. The van der Waals surface area contributed by atoms with Gasteiger partial charge in [-0.25, -0.2) is 9.97 Å². The van der Waals surface area contributed by atoms with Crippen LogP contribution < -0.4 is 11.1 Å². The molecule has 2 heterocycles. The van der Waals surface area contributed by atoms with Gasteiger partial charge in [-0.2, -0.15) is 0 Å². The standard InChI is InChI=1S/C13H11BrN4OS/c1-6-2-3-16-13(17-6)20-10-5-9-7(4-8(10)14)11(15)12(19)18-9/h2-5,11H,15H2,1H3,(H,18,19). The van der Waals surface area contributed by atoms with Gasteiger partial charge in [-0.05, 0) is 52.8 Å². The van der Waals surface area contributed by atoms with Gasteiger partial charge in [0.1, 0.15) is 6.04 Å². The van der Waals surface area contributed by atoms with E-state index in [-0.39, 0.29) is 5.91 Å². The molecule has 1 unspecified atom stereocenters. The Kier molecular flexibility index (Phi) is 3.49. The molecule has 2 aromatic rings. The van der Waals surface area contributed by atoms with E-state index in [1.165, 1.54) is 11.8 Å². The average molecular weight is 351 g/mol. The minimum absolute atomic E-state index is 0.180. The fourth-order valence-corrected chi connectivity index (χ4v) is 3.37. The van der Waals surface area contributed by atoms with Gasteiger partial charge in [0.05, 0.1) is 0 Å². The predicted molar refractivity (Wildman–Crippen MR) is 80.6 cm³/mol. The molecule has 0 saturated heterocycles. The summed E-state index contributed by atoms with van der Waals surface area (Å²) in [7, 11) is 0. The van der Waals surface area contributed by atoms with Crippen molar-refractivity contribution in [3.63, 3.8) is 0 Å². The highest BCUT2D eigenvalue weighted by Gasteiger charge is 2.28. The molecule has 20 heavy (non-hydrogen) atoms. The first-order chi connectivity index (χ1) is 9.54. The third kappa shape index (κ3) is 2.44. The maximum atomic E-state index is 11.6. The molecule has 3 rings (SSSR count). The number of nitrogens with one attached hydrogen (secondary N) is 1. The van der Waals surface area contributed by atoms with Crippen molar-refractivity contribution in [1.82, 2.24) is 9.97 Å². The van der Waals surface area contributed by atoms with Crippen molar-refractivity contribution in [2.24, 2.45) is 5.73 Å². The van der Waals surface area contributed by atoms with Crippen molar-refractivity contribution in [2.75, 3.05) is 5.32 Å². The van der Waals surface area contributed by atoms with Crippen LogP contribution in [0.2, 0.25) is 0 Å². The van der Waals surface area contributed by atoms with E-state index < -0.39 is 6.04 Å². The number of carbonyl (C=O) groups excluding carboxylic acids is 1. The molecule has 0 spiro atoms. The zero-order valence-electron chi connectivity index (χ0n) is 10.6. The molecule has 0 fully saturated rings. The number of nitrogens with two attached hydrogens (primary N) is 1. The van der Waals surface area contributed by atoms with Crippen molar-refractivity contribution in [1.29, 1.82) is 0 Å². The minimum Gasteiger partial charge on any atom is -0.324 e. The molecule has 7 heteroatoms. The van der Waals surface area contributed by atoms with Crippen LogP contribution in [0.1, 0.15) is 17.3 Å². The molecule has 1 aromatic carbocycles. The van der Waals surface area contributed by atoms with Gasteiger partial charge in [-0.3, -0.25) is 4.79 Å². The lowest BCUT2D eigenvalue weighted by Crippen LogP contribution is -2.19. The summed E-state index contributed by atoms with van der Waals surface area (Å²) in [5.74, 6) is -0.180. The molecule has 0 radical (unpaired) electrons. The molecule has 1 atom stereocenters. The topological polar surface area (TPSA) is 80.9 Å². The molecule has 0 bridgehead atoms. The average Bonchev–Trinajstić information content (AvgIpc) is 2.66. The van der Waals surface area contributed by atoms with Crippen molar-refractivity contribution in [3.8, 4) is 0 Å². The molecule has 0 saturated carbocycles. The number of anilines is 1. The van der Waals surface area contributed by atoms with Crippen molar-refractivity contribution in [3.05, 3.63) is 40.1 Å². The van der Waals surface area contributed by atoms with Gasteiger partial charge in [-0.1, -0.05) is 0 Å². The summed E-state index contributed by atoms with van der Waals surface area (Å²) in [6.45, 7) is 1.92. The second-order valence-electron chi connectivity index (χ2n) is 4.42. The Morgan fingerprint density at radius 3 is 3.00 bits per heavy atom. The second kappa shape index (κ2) is 5.16. The fraction of sp³-hybridized carbons (Fsp3) is 0.154. The third-order valence-electron chi connectivity index (χ3n) is 2.95. The van der Waals surface area contributed by atoms with E-state index in [0.29, 0.717) is 5.16 Å². The summed E-state index contributed by atoms with van der Waals surface area (Å²) in [5, 5.41) is 3.44. The number of benzene rings is 1. The van der Waals surface area contributed by atoms with E-state index in [0.717, 1.165) is 26.3 Å². The van der Waals surface area contributed by atoms with Gasteiger partial charge in [0.25, 0.3) is 0 Å². The van der Waals surface area contributed by atoms with E-state index in [4.69, 9.17) is 5.73 Å². The first-order valence-corrected chi connectivity index (χ1v) is 7.53. The molecular weight excluding hydrogens is 340 g/mol. The van der Waals surface area contributed by atoms with Crippen molar-refractivity contribution in [2.45, 2.75) is 23.0 Å². The Bertz CT molecular complexity index is 707. The van der Waals surface area contributed by atoms with Gasteiger partial charge < -0.3 is 11.1 Å². The lowest BCUT2D eigenvalue weighted by atomic mass is 10.1. The smallest absolute Gasteiger partial charge is 0.245 e. The quantitative estimate of drug-likeness (QED) is 0.813. The number of nitrogens with zero attached hydrogens (tertiary/aromatic N) is 2. The normalized spacial score (nSPS) is 16.9. The Morgan fingerprint density at radius 2 is 2.25 bits per heavy atom. The molecular formula is C13H11BrN4OS. The summed E-state index contributed by atoms with van der Waals surface area (Å²) in [6, 6.07) is 5.01. The fourth-order valence-electron chi connectivity index (χ4n) is 1.94. The molecule has 1 aliphatic rings. The van der Waals surface area contributed by atoms with E-state index in [9.17, 15) is 4.79 Å². The van der Waals surface area contributed by atoms with Crippen molar-refractivity contribution < 1.29 is 4.79 Å². The van der Waals surface area contributed by atoms with Crippen molar-refractivity contribution >= 4 is 39.3 Å². The first-order valence-electron chi connectivity index (χ1n) is 5.92. The highest BCUT2D eigenvalue weighted by molar-refractivity contribution is 9.10. The van der Waals surface area contributed by atoms with Crippen LogP contribution in [0.3, 0.4) is 0 Å². The first kappa shape index (κ1) is 13.5. The summed E-state index contributed by atoms with van der Waals surface area (Å²) in [5.41, 5.74) is 8.28. The second-order valence-corrected chi connectivity index (χ2v) is 6.28. The van der Waals surface area contributed by atoms with E-state index >= 15 is 0 Å². The molecule has 102 valence electrons. The Morgan fingerprint density at radius 1 is 1.45 bits per heavy atom. The molecule has 1 amide bonds. The number of hydrogen-bond donors (Lipinski definition) is 2. The number of aryl methyl sites for hydroxylation is 1. The van der Waals surface area contributed by atoms with Crippen LogP contribution in [0.15, 0.2) is 38.9 Å². The summed E-state index contributed by atoms with van der Waals surface area (Å²) >= 11 is 4.94. The molecule has 5 nitrogen and oxygen atoms in total. The van der Waals surface area contributed by atoms with E-state index in [2.05, 4.69) is 31.2 Å². The summed E-state index contributed by atoms with van der Waals surface area (Å²) < 4.78 is 0.873. The van der Waals surface area contributed by atoms with Gasteiger partial charge in [-0.15, -0.1) is 0 Å². The lowest BCUT2D eigenvalue weighted by Gasteiger charge is -2.07. The number of halogens is 1. The van der Waals surface area contributed by atoms with Gasteiger partial charge >= 0.3 is 0 Å². The molecule has 1 aromatic heterocycles. The molecule has 1 aliphatic heterocycles. The predicted octanol–water partition coefficient (Wildman–Crippen LogP) is 2.65. The highest BCUT2D eigenvalue weighted by atomic mass is 79.9. The summed E-state index contributed by atoms with van der Waals surface area (Å²) in [4.78, 5) is 21.1. The van der Waals surface area contributed by atoms with Crippen LogP contribution >= 0.6 is 27.7 Å². The number of hydrogen-bond acceptors (Lipinski definition) is 5. The van der Waals surface area contributed by atoms with Crippen LogP contribution in [0.25, 0.3) is 0 Å². The van der Waals surface area contributed by atoms with Crippen LogP contribution in [0, 0.1) is 6.92 Å². The highest BCUT2D eigenvalue weighted by Crippen LogP contribution is 2.39.